The van der Waals surface area contributed by atoms with Crippen LogP contribution in [0.15, 0.2) is 41.7 Å². The number of halogens is 5. The fourth-order valence-electron chi connectivity index (χ4n) is 2.18. The van der Waals surface area contributed by atoms with Crippen LogP contribution in [-0.4, -0.2) is 22.1 Å². The predicted molar refractivity (Wildman–Crippen MR) is 86.6 cm³/mol. The first-order valence-corrected chi connectivity index (χ1v) is 7.79. The Morgan fingerprint density at radius 2 is 2.04 bits per heavy atom. The summed E-state index contributed by atoms with van der Waals surface area (Å²) >= 11 is 0. The molecule has 26 heavy (non-hydrogen) atoms. The molecule has 142 valence electrons. The highest BCUT2D eigenvalue weighted by Crippen LogP contribution is 2.29. The Morgan fingerprint density at radius 3 is 2.69 bits per heavy atom. The smallest absolute Gasteiger partial charge is 0.357 e. The third-order valence-corrected chi connectivity index (χ3v) is 3.39. The summed E-state index contributed by atoms with van der Waals surface area (Å²) in [6.45, 7) is -0.410. The molecule has 0 saturated carbocycles. The zero-order chi connectivity index (χ0) is 19.2. The van der Waals surface area contributed by atoms with E-state index in [4.69, 9.17) is 0 Å². The molecule has 0 amide bonds. The van der Waals surface area contributed by atoms with Crippen LogP contribution in [0.5, 0.6) is 0 Å². The van der Waals surface area contributed by atoms with Crippen molar-refractivity contribution in [1.82, 2.24) is 20.2 Å². The van der Waals surface area contributed by atoms with Gasteiger partial charge in [0.25, 0.3) is 0 Å². The van der Waals surface area contributed by atoms with Crippen molar-refractivity contribution in [1.29, 1.82) is 0 Å². The first-order valence-electron chi connectivity index (χ1n) is 7.79. The Labute approximate surface area is 147 Å². The zero-order valence-corrected chi connectivity index (χ0v) is 13.9. The SMILES string of the molecule is CCNC(=NCc1cccc(C(F)(F)F)c1)NCc1nccn1C(F)F. The summed E-state index contributed by atoms with van der Waals surface area (Å²) in [6, 6.07) is 4.86. The summed E-state index contributed by atoms with van der Waals surface area (Å²) in [7, 11) is 0. The predicted octanol–water partition coefficient (Wildman–Crippen LogP) is 3.55. The van der Waals surface area contributed by atoms with Gasteiger partial charge in [0.05, 0.1) is 18.7 Å². The van der Waals surface area contributed by atoms with Crippen LogP contribution in [0.2, 0.25) is 0 Å². The third-order valence-electron chi connectivity index (χ3n) is 3.39. The molecule has 0 fully saturated rings. The molecule has 0 spiro atoms. The monoisotopic (exact) mass is 375 g/mol. The van der Waals surface area contributed by atoms with Gasteiger partial charge < -0.3 is 10.6 Å². The van der Waals surface area contributed by atoms with Gasteiger partial charge in [-0.25, -0.2) is 9.98 Å². The molecular formula is C16H18F5N5. The summed E-state index contributed by atoms with van der Waals surface area (Å²) < 4.78 is 64.5. The minimum absolute atomic E-state index is 0.00252. The second-order valence-electron chi connectivity index (χ2n) is 5.28. The maximum atomic E-state index is 12.8. The number of hydrogen-bond donors (Lipinski definition) is 2. The summed E-state index contributed by atoms with van der Waals surface area (Å²) in [5, 5.41) is 5.73. The van der Waals surface area contributed by atoms with Crippen molar-refractivity contribution in [3.63, 3.8) is 0 Å². The minimum Gasteiger partial charge on any atom is -0.357 e. The third kappa shape index (κ3) is 5.43. The Kier molecular flexibility index (Phi) is 6.53. The normalized spacial score (nSPS) is 12.5. The molecule has 2 aromatic rings. The van der Waals surface area contributed by atoms with Crippen LogP contribution in [0.1, 0.15) is 30.4 Å². The highest BCUT2D eigenvalue weighted by Gasteiger charge is 2.30. The molecule has 2 rings (SSSR count). The quantitative estimate of drug-likeness (QED) is 0.461. The molecule has 10 heteroatoms. The first-order chi connectivity index (χ1) is 12.3. The second-order valence-corrected chi connectivity index (χ2v) is 5.28. The molecule has 2 N–H and O–H groups in total. The van der Waals surface area contributed by atoms with E-state index in [1.807, 2.05) is 6.92 Å². The lowest BCUT2D eigenvalue weighted by Gasteiger charge is -2.12. The molecule has 0 aliphatic carbocycles. The lowest BCUT2D eigenvalue weighted by atomic mass is 10.1. The highest BCUT2D eigenvalue weighted by molar-refractivity contribution is 5.79. The van der Waals surface area contributed by atoms with E-state index in [0.29, 0.717) is 16.7 Å². The lowest BCUT2D eigenvalue weighted by Crippen LogP contribution is -2.37. The number of guanidine groups is 1. The molecule has 0 saturated heterocycles. The number of nitrogens with one attached hydrogen (secondary N) is 2. The number of aromatic nitrogens is 2. The van der Waals surface area contributed by atoms with Gasteiger partial charge >= 0.3 is 12.7 Å². The van der Waals surface area contributed by atoms with Gasteiger partial charge in [-0.1, -0.05) is 12.1 Å². The number of benzene rings is 1. The van der Waals surface area contributed by atoms with Gasteiger partial charge in [-0.15, -0.1) is 0 Å². The number of imidazole rings is 1. The summed E-state index contributed by atoms with van der Waals surface area (Å²) in [4.78, 5) is 8.02. The first kappa shape index (κ1) is 19.7. The molecule has 1 aromatic carbocycles. The van der Waals surface area contributed by atoms with E-state index >= 15 is 0 Å². The van der Waals surface area contributed by atoms with Crippen molar-refractivity contribution in [2.75, 3.05) is 6.54 Å². The molecular weight excluding hydrogens is 357 g/mol. The lowest BCUT2D eigenvalue weighted by molar-refractivity contribution is -0.137. The molecule has 0 atom stereocenters. The van der Waals surface area contributed by atoms with E-state index in [1.54, 1.807) is 0 Å². The van der Waals surface area contributed by atoms with E-state index in [1.165, 1.54) is 18.3 Å². The van der Waals surface area contributed by atoms with Gasteiger partial charge in [0, 0.05) is 18.9 Å². The highest BCUT2D eigenvalue weighted by atomic mass is 19.4. The van der Waals surface area contributed by atoms with Crippen molar-refractivity contribution < 1.29 is 22.0 Å². The zero-order valence-electron chi connectivity index (χ0n) is 13.9. The number of aliphatic imine (C=N–C) groups is 1. The van der Waals surface area contributed by atoms with Crippen molar-refractivity contribution in [3.8, 4) is 0 Å². The number of nitrogens with zero attached hydrogens (tertiary/aromatic N) is 3. The molecule has 0 bridgehead atoms. The number of alkyl halides is 5. The average Bonchev–Trinajstić information content (AvgIpc) is 3.06. The van der Waals surface area contributed by atoms with Crippen LogP contribution in [0.3, 0.4) is 0 Å². The van der Waals surface area contributed by atoms with Gasteiger partial charge in [0.1, 0.15) is 5.82 Å². The van der Waals surface area contributed by atoms with Crippen LogP contribution >= 0.6 is 0 Å². The molecule has 0 aliphatic rings. The Bertz CT molecular complexity index is 739. The van der Waals surface area contributed by atoms with E-state index in [-0.39, 0.29) is 24.9 Å². The van der Waals surface area contributed by atoms with Gasteiger partial charge in [0.2, 0.25) is 0 Å². The van der Waals surface area contributed by atoms with Gasteiger partial charge in [0.15, 0.2) is 5.96 Å². The van der Waals surface area contributed by atoms with Crippen LogP contribution in [0.25, 0.3) is 0 Å². The molecule has 1 aromatic heterocycles. The number of rotatable bonds is 6. The maximum absolute atomic E-state index is 12.8. The fraction of sp³-hybridized carbons (Fsp3) is 0.375. The molecule has 1 heterocycles. The van der Waals surface area contributed by atoms with Crippen LogP contribution in [-0.2, 0) is 19.3 Å². The van der Waals surface area contributed by atoms with Crippen LogP contribution in [0, 0.1) is 0 Å². The van der Waals surface area contributed by atoms with E-state index in [9.17, 15) is 22.0 Å². The standard InChI is InChI=1S/C16H18F5N5/c1-2-22-15(25-10-13-23-6-7-26(13)14(17)18)24-9-11-4-3-5-12(8-11)16(19,20)21/h3-8,14H,2,9-10H2,1H3,(H2,22,24,25). The van der Waals surface area contributed by atoms with Crippen molar-refractivity contribution in [2.45, 2.75) is 32.7 Å². The van der Waals surface area contributed by atoms with Gasteiger partial charge in [-0.2, -0.15) is 22.0 Å². The van der Waals surface area contributed by atoms with Crippen LogP contribution in [0.4, 0.5) is 22.0 Å². The molecule has 0 unspecified atom stereocenters. The molecule has 0 aliphatic heterocycles. The Balaban J connectivity index is 2.06. The molecule has 0 radical (unpaired) electrons. The van der Waals surface area contributed by atoms with E-state index in [0.717, 1.165) is 18.3 Å². The summed E-state index contributed by atoms with van der Waals surface area (Å²) in [5.41, 5.74) is -0.367. The maximum Gasteiger partial charge on any atom is 0.416 e. The molecule has 5 nitrogen and oxygen atoms in total. The van der Waals surface area contributed by atoms with Crippen molar-refractivity contribution in [2.24, 2.45) is 4.99 Å². The summed E-state index contributed by atoms with van der Waals surface area (Å²) in [5.74, 6) is 0.401. The fourth-order valence-corrected chi connectivity index (χ4v) is 2.18. The van der Waals surface area contributed by atoms with E-state index in [2.05, 4.69) is 20.6 Å². The average molecular weight is 375 g/mol. The Hall–Kier alpha value is -2.65. The Morgan fingerprint density at radius 1 is 1.27 bits per heavy atom. The topological polar surface area (TPSA) is 54.2 Å². The van der Waals surface area contributed by atoms with Crippen molar-refractivity contribution >= 4 is 5.96 Å². The van der Waals surface area contributed by atoms with Crippen molar-refractivity contribution in [3.05, 3.63) is 53.6 Å². The van der Waals surface area contributed by atoms with Gasteiger partial charge in [-0.3, -0.25) is 4.57 Å². The second kappa shape index (κ2) is 8.63. The minimum atomic E-state index is -4.42. The summed E-state index contributed by atoms with van der Waals surface area (Å²) in [6.07, 6.45) is -2.00. The van der Waals surface area contributed by atoms with Gasteiger partial charge in [-0.05, 0) is 24.6 Å². The van der Waals surface area contributed by atoms with E-state index < -0.39 is 18.3 Å². The largest absolute Gasteiger partial charge is 0.416 e. The van der Waals surface area contributed by atoms with Crippen LogP contribution < -0.4 is 10.6 Å². The number of hydrogen-bond acceptors (Lipinski definition) is 2.